The van der Waals surface area contributed by atoms with E-state index in [2.05, 4.69) is 20.8 Å². The fourth-order valence-corrected chi connectivity index (χ4v) is 2.40. The van der Waals surface area contributed by atoms with Crippen LogP contribution in [0.15, 0.2) is 0 Å². The van der Waals surface area contributed by atoms with Crippen molar-refractivity contribution in [1.82, 2.24) is 0 Å². The van der Waals surface area contributed by atoms with Crippen LogP contribution >= 0.6 is 0 Å². The molecule has 90 valence electrons. The summed E-state index contributed by atoms with van der Waals surface area (Å²) in [5.41, 5.74) is 6.37. The van der Waals surface area contributed by atoms with Crippen molar-refractivity contribution < 1.29 is 9.47 Å². The van der Waals surface area contributed by atoms with E-state index < -0.39 is 0 Å². The second-order valence-electron chi connectivity index (χ2n) is 5.58. The molecule has 0 bridgehead atoms. The van der Waals surface area contributed by atoms with Crippen molar-refractivity contribution in [2.45, 2.75) is 45.8 Å². The number of hydrogen-bond donors (Lipinski definition) is 1. The second kappa shape index (κ2) is 5.28. The highest BCUT2D eigenvalue weighted by Gasteiger charge is 2.35. The van der Waals surface area contributed by atoms with E-state index in [0.29, 0.717) is 5.92 Å². The van der Waals surface area contributed by atoms with Gasteiger partial charge >= 0.3 is 0 Å². The zero-order valence-corrected chi connectivity index (χ0v) is 10.5. The predicted molar refractivity (Wildman–Crippen MR) is 61.8 cm³/mol. The minimum Gasteiger partial charge on any atom is -0.381 e. The molecule has 0 radical (unpaired) electrons. The van der Waals surface area contributed by atoms with Crippen molar-refractivity contribution in [2.24, 2.45) is 17.1 Å². The molecule has 3 atom stereocenters. The van der Waals surface area contributed by atoms with Crippen LogP contribution in [0, 0.1) is 11.3 Å². The van der Waals surface area contributed by atoms with Gasteiger partial charge in [0, 0.05) is 19.8 Å². The van der Waals surface area contributed by atoms with Crippen LogP contribution in [0.25, 0.3) is 0 Å². The van der Waals surface area contributed by atoms with Crippen molar-refractivity contribution >= 4 is 0 Å². The van der Waals surface area contributed by atoms with Gasteiger partial charge in [-0.1, -0.05) is 20.8 Å². The zero-order chi connectivity index (χ0) is 11.5. The van der Waals surface area contributed by atoms with E-state index in [1.165, 1.54) is 0 Å². The molecule has 0 aromatic heterocycles. The Hall–Kier alpha value is -0.120. The van der Waals surface area contributed by atoms with Crippen molar-refractivity contribution in [3.8, 4) is 0 Å². The van der Waals surface area contributed by atoms with E-state index in [9.17, 15) is 0 Å². The molecule has 3 heteroatoms. The van der Waals surface area contributed by atoms with E-state index in [1.807, 2.05) is 0 Å². The SMILES string of the molecule is COC(C(N)C1CCCOC1)C(C)(C)C. The zero-order valence-electron chi connectivity index (χ0n) is 10.5. The molecular formula is C12H25NO2. The Bertz CT molecular complexity index is 183. The van der Waals surface area contributed by atoms with Crippen LogP contribution in [0.2, 0.25) is 0 Å². The van der Waals surface area contributed by atoms with Crippen LogP contribution in [0.3, 0.4) is 0 Å². The summed E-state index contributed by atoms with van der Waals surface area (Å²) in [5, 5.41) is 0. The van der Waals surface area contributed by atoms with Gasteiger partial charge in [0.25, 0.3) is 0 Å². The molecule has 0 aromatic carbocycles. The lowest BCUT2D eigenvalue weighted by Gasteiger charge is -2.39. The Morgan fingerprint density at radius 2 is 2.07 bits per heavy atom. The maximum atomic E-state index is 6.28. The monoisotopic (exact) mass is 215 g/mol. The Balaban J connectivity index is 2.59. The van der Waals surface area contributed by atoms with Crippen LogP contribution in [-0.2, 0) is 9.47 Å². The van der Waals surface area contributed by atoms with Gasteiger partial charge in [-0.05, 0) is 24.2 Å². The summed E-state index contributed by atoms with van der Waals surface area (Å²) in [6, 6.07) is 0.0790. The van der Waals surface area contributed by atoms with Crippen LogP contribution in [0.1, 0.15) is 33.6 Å². The highest BCUT2D eigenvalue weighted by atomic mass is 16.5. The van der Waals surface area contributed by atoms with Gasteiger partial charge in [0.15, 0.2) is 0 Å². The molecule has 3 nitrogen and oxygen atoms in total. The van der Waals surface area contributed by atoms with E-state index in [0.717, 1.165) is 26.1 Å². The fraction of sp³-hybridized carbons (Fsp3) is 1.00. The normalized spacial score (nSPS) is 27.4. The molecule has 1 aliphatic rings. The molecule has 0 saturated carbocycles. The molecule has 0 spiro atoms. The molecular weight excluding hydrogens is 190 g/mol. The van der Waals surface area contributed by atoms with Crippen LogP contribution in [0.4, 0.5) is 0 Å². The quantitative estimate of drug-likeness (QED) is 0.780. The van der Waals surface area contributed by atoms with Gasteiger partial charge in [0.2, 0.25) is 0 Å². The third kappa shape index (κ3) is 3.44. The smallest absolute Gasteiger partial charge is 0.0773 e. The first kappa shape index (κ1) is 12.9. The fourth-order valence-electron chi connectivity index (χ4n) is 2.40. The lowest BCUT2D eigenvalue weighted by molar-refractivity contribution is -0.0420. The molecule has 2 N–H and O–H groups in total. The Labute approximate surface area is 93.3 Å². The summed E-state index contributed by atoms with van der Waals surface area (Å²) >= 11 is 0. The first-order chi connectivity index (χ1) is 6.96. The second-order valence-corrected chi connectivity index (χ2v) is 5.58. The summed E-state index contributed by atoms with van der Waals surface area (Å²) in [6.07, 6.45) is 2.39. The lowest BCUT2D eigenvalue weighted by atomic mass is 9.78. The Morgan fingerprint density at radius 3 is 2.47 bits per heavy atom. The van der Waals surface area contributed by atoms with Gasteiger partial charge in [-0.3, -0.25) is 0 Å². The summed E-state index contributed by atoms with van der Waals surface area (Å²) in [7, 11) is 1.75. The minimum absolute atomic E-state index is 0.0790. The summed E-state index contributed by atoms with van der Waals surface area (Å²) < 4.78 is 11.0. The standard InChI is InChI=1S/C12H25NO2/c1-12(2,3)11(14-4)10(13)9-6-5-7-15-8-9/h9-11H,5-8,13H2,1-4H3. The highest BCUT2D eigenvalue weighted by Crippen LogP contribution is 2.29. The van der Waals surface area contributed by atoms with Gasteiger partial charge in [-0.25, -0.2) is 0 Å². The minimum atomic E-state index is 0.0790. The highest BCUT2D eigenvalue weighted by molar-refractivity contribution is 4.89. The van der Waals surface area contributed by atoms with Crippen molar-refractivity contribution in [2.75, 3.05) is 20.3 Å². The first-order valence-electron chi connectivity index (χ1n) is 5.83. The van der Waals surface area contributed by atoms with Crippen molar-refractivity contribution in [3.63, 3.8) is 0 Å². The van der Waals surface area contributed by atoms with Crippen LogP contribution in [0.5, 0.6) is 0 Å². The van der Waals surface area contributed by atoms with Crippen LogP contribution in [-0.4, -0.2) is 32.5 Å². The summed E-state index contributed by atoms with van der Waals surface area (Å²) in [6.45, 7) is 8.19. The number of nitrogens with two attached hydrogens (primary N) is 1. The molecule has 0 aromatic rings. The molecule has 15 heavy (non-hydrogen) atoms. The average Bonchev–Trinajstić information content (AvgIpc) is 2.18. The third-order valence-corrected chi connectivity index (χ3v) is 3.20. The largest absolute Gasteiger partial charge is 0.381 e. The Morgan fingerprint density at radius 1 is 1.40 bits per heavy atom. The van der Waals surface area contributed by atoms with Gasteiger partial charge in [0.05, 0.1) is 12.7 Å². The number of hydrogen-bond acceptors (Lipinski definition) is 3. The first-order valence-corrected chi connectivity index (χ1v) is 5.83. The topological polar surface area (TPSA) is 44.5 Å². The number of methoxy groups -OCH3 is 1. The molecule has 0 amide bonds. The maximum absolute atomic E-state index is 6.28. The molecule has 1 rings (SSSR count). The van der Waals surface area contributed by atoms with Crippen molar-refractivity contribution in [1.29, 1.82) is 0 Å². The molecule has 0 aliphatic carbocycles. The van der Waals surface area contributed by atoms with E-state index >= 15 is 0 Å². The maximum Gasteiger partial charge on any atom is 0.0773 e. The number of ether oxygens (including phenoxy) is 2. The molecule has 1 saturated heterocycles. The summed E-state index contributed by atoms with van der Waals surface area (Å²) in [5.74, 6) is 0.447. The van der Waals surface area contributed by atoms with Gasteiger partial charge < -0.3 is 15.2 Å². The average molecular weight is 215 g/mol. The lowest BCUT2D eigenvalue weighted by Crippen LogP contribution is -2.51. The summed E-state index contributed by atoms with van der Waals surface area (Å²) in [4.78, 5) is 0. The van der Waals surface area contributed by atoms with E-state index in [4.69, 9.17) is 15.2 Å². The molecule has 1 fully saturated rings. The predicted octanol–water partition coefficient (Wildman–Crippen LogP) is 1.80. The van der Waals surface area contributed by atoms with Crippen molar-refractivity contribution in [3.05, 3.63) is 0 Å². The van der Waals surface area contributed by atoms with Gasteiger partial charge in [-0.15, -0.1) is 0 Å². The number of rotatable bonds is 3. The van der Waals surface area contributed by atoms with E-state index in [1.54, 1.807) is 7.11 Å². The molecule has 1 aliphatic heterocycles. The third-order valence-electron chi connectivity index (χ3n) is 3.20. The molecule has 1 heterocycles. The Kier molecular flexibility index (Phi) is 4.56. The van der Waals surface area contributed by atoms with E-state index in [-0.39, 0.29) is 17.6 Å². The van der Waals surface area contributed by atoms with Gasteiger partial charge in [0.1, 0.15) is 0 Å². The van der Waals surface area contributed by atoms with Crippen LogP contribution < -0.4 is 5.73 Å². The molecule has 3 unspecified atom stereocenters. The van der Waals surface area contributed by atoms with Gasteiger partial charge in [-0.2, -0.15) is 0 Å².